The van der Waals surface area contributed by atoms with Crippen LogP contribution in [0.2, 0.25) is 0 Å². The van der Waals surface area contributed by atoms with Gasteiger partial charge in [0.15, 0.2) is 9.84 Å². The van der Waals surface area contributed by atoms with Crippen LogP contribution in [0.25, 0.3) is 0 Å². The molecular formula is C27H37FN2O4S. The lowest BCUT2D eigenvalue weighted by atomic mass is 9.49. The molecule has 5 aliphatic rings. The number of benzene rings is 1. The van der Waals surface area contributed by atoms with E-state index in [0.717, 1.165) is 49.9 Å². The van der Waals surface area contributed by atoms with Crippen molar-refractivity contribution in [3.05, 3.63) is 36.2 Å². The molecular weight excluding hydrogens is 467 g/mol. The Kier molecular flexibility index (Phi) is 6.96. The Morgan fingerprint density at radius 2 is 1.63 bits per heavy atom. The largest absolute Gasteiger partial charge is 0.489 e. The summed E-state index contributed by atoms with van der Waals surface area (Å²) in [5.74, 6) is 3.20. The number of halogens is 1. The summed E-state index contributed by atoms with van der Waals surface area (Å²) in [5, 5.41) is 0. The van der Waals surface area contributed by atoms with Crippen molar-refractivity contribution in [2.24, 2.45) is 34.8 Å². The van der Waals surface area contributed by atoms with Crippen LogP contribution in [-0.4, -0.2) is 51.2 Å². The number of nitrogens with two attached hydrogens (primary N) is 1. The van der Waals surface area contributed by atoms with Crippen molar-refractivity contribution >= 4 is 15.7 Å². The third-order valence-corrected chi connectivity index (χ3v) is 10.8. The molecule has 4 aliphatic carbocycles. The summed E-state index contributed by atoms with van der Waals surface area (Å²) in [6.45, 7) is 1.42. The number of amides is 1. The van der Waals surface area contributed by atoms with Crippen molar-refractivity contribution in [1.29, 1.82) is 0 Å². The van der Waals surface area contributed by atoms with Crippen LogP contribution in [0.5, 0.6) is 5.75 Å². The summed E-state index contributed by atoms with van der Waals surface area (Å²) in [5.41, 5.74) is 5.63. The van der Waals surface area contributed by atoms with Gasteiger partial charge in [0.25, 0.3) is 0 Å². The number of nitrogens with zero attached hydrogens (tertiary/aromatic N) is 1. The van der Waals surface area contributed by atoms with Crippen molar-refractivity contribution in [2.75, 3.05) is 32.0 Å². The number of hydrogen-bond donors (Lipinski definition) is 1. The Morgan fingerprint density at radius 3 is 2.14 bits per heavy atom. The van der Waals surface area contributed by atoms with Gasteiger partial charge < -0.3 is 15.4 Å². The molecule has 192 valence electrons. The molecule has 6 nitrogen and oxygen atoms in total. The second-order valence-corrected chi connectivity index (χ2v) is 13.5. The van der Waals surface area contributed by atoms with Gasteiger partial charge in [-0.2, -0.15) is 0 Å². The molecule has 1 aromatic carbocycles. The van der Waals surface area contributed by atoms with E-state index >= 15 is 0 Å². The monoisotopic (exact) mass is 504 g/mol. The second kappa shape index (κ2) is 9.85. The molecule has 1 aromatic rings. The van der Waals surface area contributed by atoms with Gasteiger partial charge in [-0.05, 0) is 99.3 Å². The Balaban J connectivity index is 1.14. The van der Waals surface area contributed by atoms with Gasteiger partial charge in [0, 0.05) is 25.2 Å². The SMILES string of the molecule is NC/C(=C\F)COc1ccc(S(=O)(=O)CC2CCN(C(=O)C34CC5CC(CC(C5)C3)C4)CC2)cc1. The molecule has 0 spiro atoms. The standard InChI is InChI=1S/C27H37FN2O4S/c28-15-23(16-29)17-34-24-1-3-25(4-2-24)35(32,33)18-19-5-7-30(8-6-19)26(31)27-12-20-9-21(13-27)11-22(10-20)14-27/h1-4,15,19-22H,5-14,16-18,29H2/b23-15+. The third kappa shape index (κ3) is 5.15. The van der Waals surface area contributed by atoms with Crippen LogP contribution in [0.4, 0.5) is 4.39 Å². The first-order valence-corrected chi connectivity index (χ1v) is 14.7. The van der Waals surface area contributed by atoms with Crippen molar-refractivity contribution in [3.63, 3.8) is 0 Å². The molecule has 4 saturated carbocycles. The van der Waals surface area contributed by atoms with E-state index in [1.54, 1.807) is 12.1 Å². The highest BCUT2D eigenvalue weighted by Gasteiger charge is 2.55. The van der Waals surface area contributed by atoms with Crippen LogP contribution in [0.15, 0.2) is 41.1 Å². The maximum absolute atomic E-state index is 13.6. The van der Waals surface area contributed by atoms with Crippen LogP contribution in [0.3, 0.4) is 0 Å². The van der Waals surface area contributed by atoms with Crippen LogP contribution < -0.4 is 10.5 Å². The molecule has 1 amide bonds. The number of carbonyl (C=O) groups is 1. The molecule has 0 aromatic heterocycles. The molecule has 1 aliphatic heterocycles. The predicted octanol–water partition coefficient (Wildman–Crippen LogP) is 4.11. The summed E-state index contributed by atoms with van der Waals surface area (Å²) in [4.78, 5) is 15.9. The first-order valence-electron chi connectivity index (χ1n) is 13.0. The number of carbonyl (C=O) groups excluding carboxylic acids is 1. The fraction of sp³-hybridized carbons (Fsp3) is 0.667. The van der Waals surface area contributed by atoms with E-state index in [1.807, 2.05) is 4.90 Å². The Morgan fingerprint density at radius 1 is 1.06 bits per heavy atom. The average molecular weight is 505 g/mol. The highest BCUT2D eigenvalue weighted by atomic mass is 32.2. The van der Waals surface area contributed by atoms with Gasteiger partial charge >= 0.3 is 0 Å². The van der Waals surface area contributed by atoms with Gasteiger partial charge in [-0.15, -0.1) is 0 Å². The van der Waals surface area contributed by atoms with E-state index in [1.165, 1.54) is 31.4 Å². The number of sulfone groups is 1. The van der Waals surface area contributed by atoms with Gasteiger partial charge in [0.1, 0.15) is 12.4 Å². The van der Waals surface area contributed by atoms with Gasteiger partial charge in [-0.3, -0.25) is 4.79 Å². The van der Waals surface area contributed by atoms with Crippen molar-refractivity contribution in [1.82, 2.24) is 4.90 Å². The Bertz CT molecular complexity index is 1030. The van der Waals surface area contributed by atoms with E-state index in [9.17, 15) is 17.6 Å². The number of piperidine rings is 1. The first-order chi connectivity index (χ1) is 16.8. The van der Waals surface area contributed by atoms with Crippen LogP contribution in [-0.2, 0) is 14.6 Å². The Hall–Kier alpha value is -1.93. The van der Waals surface area contributed by atoms with Crippen molar-refractivity contribution in [3.8, 4) is 5.75 Å². The number of likely N-dealkylation sites (tertiary alicyclic amines) is 1. The summed E-state index contributed by atoms with van der Waals surface area (Å²) < 4.78 is 44.1. The second-order valence-electron chi connectivity index (χ2n) is 11.4. The minimum Gasteiger partial charge on any atom is -0.489 e. The maximum atomic E-state index is 13.6. The van der Waals surface area contributed by atoms with Gasteiger partial charge in [-0.25, -0.2) is 12.8 Å². The number of rotatable bonds is 8. The lowest BCUT2D eigenvalue weighted by molar-refractivity contribution is -0.159. The normalized spacial score (nSPS) is 31.1. The number of ether oxygens (including phenoxy) is 1. The fourth-order valence-corrected chi connectivity index (χ4v) is 9.17. The van der Waals surface area contributed by atoms with E-state index < -0.39 is 9.84 Å². The Labute approximate surface area is 208 Å². The van der Waals surface area contributed by atoms with E-state index in [0.29, 0.717) is 36.6 Å². The maximum Gasteiger partial charge on any atom is 0.228 e. The van der Waals surface area contributed by atoms with Crippen molar-refractivity contribution in [2.45, 2.75) is 56.3 Å². The molecule has 0 radical (unpaired) electrons. The zero-order chi connectivity index (χ0) is 24.6. The predicted molar refractivity (Wildman–Crippen MR) is 132 cm³/mol. The van der Waals surface area contributed by atoms with E-state index in [4.69, 9.17) is 10.5 Å². The summed E-state index contributed by atoms with van der Waals surface area (Å²) in [6, 6.07) is 6.26. The minimum atomic E-state index is -3.44. The summed E-state index contributed by atoms with van der Waals surface area (Å²) >= 11 is 0. The minimum absolute atomic E-state index is 0.0274. The number of hydrogen-bond acceptors (Lipinski definition) is 5. The smallest absolute Gasteiger partial charge is 0.228 e. The molecule has 0 atom stereocenters. The molecule has 8 heteroatoms. The summed E-state index contributed by atoms with van der Waals surface area (Å²) in [6.07, 6.45) is 9.08. The van der Waals surface area contributed by atoms with Crippen molar-refractivity contribution < 1.29 is 22.3 Å². The molecule has 5 fully saturated rings. The molecule has 2 N–H and O–H groups in total. The lowest BCUT2D eigenvalue weighted by Crippen LogP contribution is -2.55. The summed E-state index contributed by atoms with van der Waals surface area (Å²) in [7, 11) is -3.44. The average Bonchev–Trinajstić information content (AvgIpc) is 2.84. The third-order valence-electron chi connectivity index (χ3n) is 8.87. The van der Waals surface area contributed by atoms with Crippen LogP contribution >= 0.6 is 0 Å². The highest BCUT2D eigenvalue weighted by molar-refractivity contribution is 7.91. The highest BCUT2D eigenvalue weighted by Crippen LogP contribution is 2.60. The topological polar surface area (TPSA) is 89.7 Å². The fourth-order valence-electron chi connectivity index (χ4n) is 7.47. The molecule has 1 saturated heterocycles. The van der Waals surface area contributed by atoms with Crippen LogP contribution in [0.1, 0.15) is 51.4 Å². The van der Waals surface area contributed by atoms with Crippen LogP contribution in [0, 0.1) is 29.1 Å². The lowest BCUT2D eigenvalue weighted by Gasteiger charge is -2.57. The zero-order valence-corrected chi connectivity index (χ0v) is 21.1. The van der Waals surface area contributed by atoms with Gasteiger partial charge in [-0.1, -0.05) is 0 Å². The van der Waals surface area contributed by atoms with Gasteiger partial charge in [0.2, 0.25) is 5.91 Å². The van der Waals surface area contributed by atoms with E-state index in [-0.39, 0.29) is 35.1 Å². The molecule has 6 rings (SSSR count). The molecule has 1 heterocycles. The van der Waals surface area contributed by atoms with Gasteiger partial charge in [0.05, 0.1) is 22.4 Å². The molecule has 4 bridgehead atoms. The molecule has 0 unspecified atom stereocenters. The first kappa shape index (κ1) is 24.8. The molecule has 35 heavy (non-hydrogen) atoms. The zero-order valence-electron chi connectivity index (χ0n) is 20.3. The quantitative estimate of drug-likeness (QED) is 0.576. The van der Waals surface area contributed by atoms with E-state index in [2.05, 4.69) is 0 Å².